The number of nitrogens with zero attached hydrogens (tertiary/aromatic N) is 1. The highest BCUT2D eigenvalue weighted by molar-refractivity contribution is 5.53. The van der Waals surface area contributed by atoms with E-state index >= 15 is 0 Å². The molecule has 2 aliphatic rings. The molecular formula is C26H43N. The molecule has 0 bridgehead atoms. The normalized spacial score (nSPS) is 21.1. The van der Waals surface area contributed by atoms with Gasteiger partial charge < -0.3 is 4.90 Å². The van der Waals surface area contributed by atoms with Gasteiger partial charge >= 0.3 is 0 Å². The fourth-order valence-electron chi connectivity index (χ4n) is 3.72. The molecule has 1 fully saturated rings. The first-order valence-corrected chi connectivity index (χ1v) is 10.7. The Hall–Kier alpha value is -1.60. The van der Waals surface area contributed by atoms with Gasteiger partial charge in [0.05, 0.1) is 0 Å². The van der Waals surface area contributed by atoms with Crippen LogP contribution in [-0.4, -0.2) is 25.0 Å². The molecule has 0 amide bonds. The van der Waals surface area contributed by atoms with Crippen molar-refractivity contribution in [3.05, 3.63) is 71.9 Å². The van der Waals surface area contributed by atoms with Crippen LogP contribution in [0.3, 0.4) is 0 Å². The highest BCUT2D eigenvalue weighted by Gasteiger charge is 2.26. The number of hydrogen-bond acceptors (Lipinski definition) is 1. The standard InChI is InChI=1S/C20H31N.C4H6.C2H6/c1-6-8-19-16(4)15(3)9-10-17(7-2)20(19)18-11-13-21(5)14-12-18;1-3-4-2;1-2/h6,8,17H,3,7,9-14H2,1-2,4-5H3;3-4H,1-2H2;1-2H3/b8-6-;;. The average molecular weight is 370 g/mol. The van der Waals surface area contributed by atoms with Crippen LogP contribution >= 0.6 is 0 Å². The molecule has 2 rings (SSSR count). The van der Waals surface area contributed by atoms with E-state index in [1.165, 1.54) is 55.5 Å². The van der Waals surface area contributed by atoms with Gasteiger partial charge in [0.1, 0.15) is 0 Å². The van der Waals surface area contributed by atoms with Crippen molar-refractivity contribution in [3.8, 4) is 0 Å². The lowest BCUT2D eigenvalue weighted by molar-refractivity contribution is 0.309. The molecule has 0 radical (unpaired) electrons. The van der Waals surface area contributed by atoms with Crippen LogP contribution in [-0.2, 0) is 0 Å². The van der Waals surface area contributed by atoms with Gasteiger partial charge in [-0.2, -0.15) is 0 Å². The largest absolute Gasteiger partial charge is 0.306 e. The minimum absolute atomic E-state index is 0.712. The molecule has 1 saturated heterocycles. The van der Waals surface area contributed by atoms with Crippen molar-refractivity contribution in [2.45, 2.75) is 66.7 Å². The Balaban J connectivity index is 0.000000998. The zero-order chi connectivity index (χ0) is 20.8. The van der Waals surface area contributed by atoms with Crippen molar-refractivity contribution >= 4 is 0 Å². The van der Waals surface area contributed by atoms with Gasteiger partial charge in [-0.1, -0.05) is 76.0 Å². The van der Waals surface area contributed by atoms with Gasteiger partial charge in [-0.05, 0) is 75.6 Å². The molecule has 0 spiro atoms. The highest BCUT2D eigenvalue weighted by atomic mass is 15.1. The summed E-state index contributed by atoms with van der Waals surface area (Å²) in [7, 11) is 2.24. The summed E-state index contributed by atoms with van der Waals surface area (Å²) in [6.07, 6.45) is 13.9. The Kier molecular flexibility index (Phi) is 13.6. The molecule has 152 valence electrons. The molecule has 1 aliphatic carbocycles. The summed E-state index contributed by atoms with van der Waals surface area (Å²) in [5.41, 5.74) is 7.61. The fraction of sp³-hybridized carbons (Fsp3) is 0.538. The first kappa shape index (κ1) is 25.4. The molecule has 1 heteroatoms. The van der Waals surface area contributed by atoms with Crippen molar-refractivity contribution in [2.24, 2.45) is 5.92 Å². The average Bonchev–Trinajstić information content (AvgIpc) is 2.82. The Labute approximate surface area is 169 Å². The topological polar surface area (TPSA) is 3.24 Å². The van der Waals surface area contributed by atoms with Crippen molar-refractivity contribution < 1.29 is 0 Å². The van der Waals surface area contributed by atoms with Crippen molar-refractivity contribution in [3.63, 3.8) is 0 Å². The summed E-state index contributed by atoms with van der Waals surface area (Å²) >= 11 is 0. The first-order chi connectivity index (χ1) is 13.0. The third-order valence-electron chi connectivity index (χ3n) is 5.39. The highest BCUT2D eigenvalue weighted by Crippen LogP contribution is 2.40. The Morgan fingerprint density at radius 2 is 1.63 bits per heavy atom. The van der Waals surface area contributed by atoms with Crippen LogP contribution in [0.4, 0.5) is 0 Å². The lowest BCUT2D eigenvalue weighted by atomic mass is 9.81. The second-order valence-corrected chi connectivity index (χ2v) is 7.08. The Morgan fingerprint density at radius 1 is 1.07 bits per heavy atom. The SMILES string of the molecule is C=C1CCC(CC)C(=C2CCN(C)CC2)C(/C=C\C)=C1C.C=CC=C.CC. The predicted molar refractivity (Wildman–Crippen MR) is 125 cm³/mol. The zero-order valence-electron chi connectivity index (χ0n) is 18.9. The third kappa shape index (κ3) is 7.89. The molecule has 0 N–H and O–H groups in total. The lowest BCUT2D eigenvalue weighted by Crippen LogP contribution is -2.27. The van der Waals surface area contributed by atoms with Crippen molar-refractivity contribution in [2.75, 3.05) is 20.1 Å². The summed E-state index contributed by atoms with van der Waals surface area (Å²) in [6, 6.07) is 0. The zero-order valence-corrected chi connectivity index (χ0v) is 18.9. The van der Waals surface area contributed by atoms with Crippen LogP contribution in [0.1, 0.15) is 66.7 Å². The van der Waals surface area contributed by atoms with Gasteiger partial charge in [0.25, 0.3) is 0 Å². The number of rotatable bonds is 3. The van der Waals surface area contributed by atoms with E-state index in [0.717, 1.165) is 6.42 Å². The summed E-state index contributed by atoms with van der Waals surface area (Å²) in [5.74, 6) is 0.712. The molecule has 0 aromatic heterocycles. The van der Waals surface area contributed by atoms with Crippen LogP contribution in [0.5, 0.6) is 0 Å². The Bertz CT molecular complexity index is 555. The number of hydrogen-bond donors (Lipinski definition) is 0. The predicted octanol–water partition coefficient (Wildman–Crippen LogP) is 7.66. The van der Waals surface area contributed by atoms with Crippen LogP contribution in [0.25, 0.3) is 0 Å². The number of likely N-dealkylation sites (tertiary alicyclic amines) is 1. The maximum Gasteiger partial charge on any atom is 0.00159 e. The molecule has 0 aromatic rings. The summed E-state index contributed by atoms with van der Waals surface area (Å²) in [5, 5.41) is 0. The molecule has 0 saturated carbocycles. The minimum Gasteiger partial charge on any atom is -0.306 e. The third-order valence-corrected chi connectivity index (χ3v) is 5.39. The van der Waals surface area contributed by atoms with E-state index in [1.54, 1.807) is 23.3 Å². The van der Waals surface area contributed by atoms with E-state index in [2.05, 4.69) is 64.6 Å². The number of piperidine rings is 1. The van der Waals surface area contributed by atoms with Gasteiger partial charge in [0, 0.05) is 13.1 Å². The van der Waals surface area contributed by atoms with Crippen LogP contribution in [0.2, 0.25) is 0 Å². The second-order valence-electron chi connectivity index (χ2n) is 7.08. The van der Waals surface area contributed by atoms with Crippen molar-refractivity contribution in [1.82, 2.24) is 4.90 Å². The smallest absolute Gasteiger partial charge is 0.00159 e. The second kappa shape index (κ2) is 14.5. The van der Waals surface area contributed by atoms with Gasteiger partial charge in [-0.3, -0.25) is 0 Å². The monoisotopic (exact) mass is 369 g/mol. The molecule has 1 unspecified atom stereocenters. The maximum absolute atomic E-state index is 4.33. The first-order valence-electron chi connectivity index (χ1n) is 10.7. The molecular weight excluding hydrogens is 326 g/mol. The van der Waals surface area contributed by atoms with E-state index < -0.39 is 0 Å². The summed E-state index contributed by atoms with van der Waals surface area (Å²) in [6.45, 7) is 24.2. The van der Waals surface area contributed by atoms with Gasteiger partial charge in [-0.25, -0.2) is 0 Å². The van der Waals surface area contributed by atoms with Gasteiger partial charge in [0.15, 0.2) is 0 Å². The van der Waals surface area contributed by atoms with E-state index in [-0.39, 0.29) is 0 Å². The van der Waals surface area contributed by atoms with Crippen LogP contribution in [0, 0.1) is 5.92 Å². The summed E-state index contributed by atoms with van der Waals surface area (Å²) in [4.78, 5) is 2.45. The minimum atomic E-state index is 0.712. The molecule has 1 atom stereocenters. The summed E-state index contributed by atoms with van der Waals surface area (Å²) < 4.78 is 0. The molecule has 27 heavy (non-hydrogen) atoms. The van der Waals surface area contributed by atoms with E-state index in [9.17, 15) is 0 Å². The van der Waals surface area contributed by atoms with E-state index in [4.69, 9.17) is 0 Å². The van der Waals surface area contributed by atoms with Gasteiger partial charge in [0.2, 0.25) is 0 Å². The molecule has 1 heterocycles. The Morgan fingerprint density at radius 3 is 2.07 bits per heavy atom. The quantitative estimate of drug-likeness (QED) is 0.461. The van der Waals surface area contributed by atoms with Gasteiger partial charge in [-0.15, -0.1) is 0 Å². The molecule has 1 aliphatic heterocycles. The lowest BCUT2D eigenvalue weighted by Gasteiger charge is -2.30. The number of allylic oxidation sites excluding steroid dienone is 8. The van der Waals surface area contributed by atoms with E-state index in [1.807, 2.05) is 13.8 Å². The molecule has 0 aromatic carbocycles. The maximum atomic E-state index is 4.33. The van der Waals surface area contributed by atoms with Crippen LogP contribution < -0.4 is 0 Å². The molecule has 1 nitrogen and oxygen atoms in total. The van der Waals surface area contributed by atoms with E-state index in [0.29, 0.717) is 5.92 Å². The van der Waals surface area contributed by atoms with Crippen molar-refractivity contribution in [1.29, 1.82) is 0 Å². The van der Waals surface area contributed by atoms with Crippen LogP contribution in [0.15, 0.2) is 71.9 Å². The fourth-order valence-corrected chi connectivity index (χ4v) is 3.72.